The Labute approximate surface area is 269 Å². The molecule has 0 bridgehead atoms. The predicted octanol–water partition coefficient (Wildman–Crippen LogP) is 5.46. The summed E-state index contributed by atoms with van der Waals surface area (Å²) < 4.78 is 30.9. The van der Waals surface area contributed by atoms with Crippen molar-refractivity contribution in [1.29, 1.82) is 0 Å². The van der Waals surface area contributed by atoms with Gasteiger partial charge in [-0.15, -0.1) is 0 Å². The topological polar surface area (TPSA) is 128 Å². The van der Waals surface area contributed by atoms with Crippen LogP contribution in [0, 0.1) is 17.0 Å². The van der Waals surface area contributed by atoms with Crippen LogP contribution in [0.15, 0.2) is 54.7 Å². The molecule has 0 radical (unpaired) electrons. The van der Waals surface area contributed by atoms with E-state index in [0.29, 0.717) is 12.4 Å². The van der Waals surface area contributed by atoms with Crippen LogP contribution in [-0.4, -0.2) is 78.7 Å². The number of hydrogen-bond acceptors (Lipinski definition) is 5. The van der Waals surface area contributed by atoms with Crippen molar-refractivity contribution < 1.29 is 33.4 Å². The Morgan fingerprint density at radius 3 is 2.24 bits per heavy atom. The molecule has 1 heterocycles. The normalized spacial score (nSPS) is 13.2. The lowest BCUT2D eigenvalue weighted by atomic mass is 9.84. The molecule has 0 aliphatic rings. The van der Waals surface area contributed by atoms with Gasteiger partial charge in [0.25, 0.3) is 0 Å². The van der Waals surface area contributed by atoms with Crippen LogP contribution >= 0.6 is 0 Å². The van der Waals surface area contributed by atoms with E-state index in [2.05, 4.69) is 5.32 Å². The van der Waals surface area contributed by atoms with Crippen molar-refractivity contribution >= 4 is 17.9 Å². The summed E-state index contributed by atoms with van der Waals surface area (Å²) in [7, 11) is 0. The maximum atomic E-state index is 14.9. The molecular formula is C34H45F2N5O5. The maximum Gasteiger partial charge on any atom is 0.408 e. The van der Waals surface area contributed by atoms with Crippen LogP contribution in [0.2, 0.25) is 0 Å². The van der Waals surface area contributed by atoms with Gasteiger partial charge in [-0.05, 0) is 63.3 Å². The first kappa shape index (κ1) is 36.2. The van der Waals surface area contributed by atoms with Crippen molar-refractivity contribution in [2.75, 3.05) is 19.7 Å². The number of carboxylic acid groups (broad SMARTS) is 1. The Bertz CT molecular complexity index is 1510. The van der Waals surface area contributed by atoms with Gasteiger partial charge in [0.15, 0.2) is 0 Å². The third kappa shape index (κ3) is 8.90. The fourth-order valence-corrected chi connectivity index (χ4v) is 5.62. The first-order valence-electron chi connectivity index (χ1n) is 15.2. The quantitative estimate of drug-likeness (QED) is 0.226. The molecule has 0 unspecified atom stereocenters. The summed E-state index contributed by atoms with van der Waals surface area (Å²) in [5, 5.41) is 22.4. The number of imidazole rings is 1. The number of aromatic nitrogens is 2. The summed E-state index contributed by atoms with van der Waals surface area (Å²) in [4.78, 5) is 45.3. The van der Waals surface area contributed by atoms with Gasteiger partial charge in [-0.2, -0.15) is 0 Å². The van der Waals surface area contributed by atoms with Gasteiger partial charge in [-0.25, -0.2) is 18.6 Å². The fourth-order valence-electron chi connectivity index (χ4n) is 5.62. The second-order valence-electron chi connectivity index (χ2n) is 13.4. The van der Waals surface area contributed by atoms with E-state index < -0.39 is 59.2 Å². The fraction of sp³-hybridized carbons (Fsp3) is 0.471. The van der Waals surface area contributed by atoms with Gasteiger partial charge in [-0.3, -0.25) is 14.5 Å². The summed E-state index contributed by atoms with van der Waals surface area (Å²) >= 11 is 0. The van der Waals surface area contributed by atoms with E-state index in [4.69, 9.17) is 4.98 Å². The van der Waals surface area contributed by atoms with Gasteiger partial charge in [0, 0.05) is 36.9 Å². The average molecular weight is 642 g/mol. The number of benzene rings is 2. The number of carbonyl (C=O) groups is 3. The van der Waals surface area contributed by atoms with Gasteiger partial charge in [0.05, 0.1) is 11.7 Å². The van der Waals surface area contributed by atoms with E-state index in [1.54, 1.807) is 31.5 Å². The first-order valence-corrected chi connectivity index (χ1v) is 15.2. The number of hydrogen-bond donors (Lipinski definition) is 3. The number of halogens is 2. The Kier molecular flexibility index (Phi) is 11.7. The zero-order valence-corrected chi connectivity index (χ0v) is 27.6. The minimum atomic E-state index is -1.22. The lowest BCUT2D eigenvalue weighted by molar-refractivity contribution is -0.139. The van der Waals surface area contributed by atoms with Crippen molar-refractivity contribution in [2.45, 2.75) is 79.1 Å². The zero-order chi connectivity index (χ0) is 34.4. The molecule has 0 saturated carbocycles. The Morgan fingerprint density at radius 1 is 1.02 bits per heavy atom. The van der Waals surface area contributed by atoms with E-state index in [-0.39, 0.29) is 30.8 Å². The van der Waals surface area contributed by atoms with Crippen LogP contribution in [0.3, 0.4) is 0 Å². The third-order valence-electron chi connectivity index (χ3n) is 7.61. The molecule has 2 atom stereocenters. The SMILES string of the molecule is C[C@@H](C(=O)NCCCN(C(=O)CO)[C@@H](c1nc(-c2cc(F)ccc2F)cn1Cc1ccccc1)C(C)(C)C)N(C(=O)O)C(C)(C)C. The molecule has 0 saturated heterocycles. The first-order chi connectivity index (χ1) is 21.4. The van der Waals surface area contributed by atoms with Gasteiger partial charge in [-0.1, -0.05) is 51.1 Å². The van der Waals surface area contributed by atoms with Gasteiger partial charge in [0.2, 0.25) is 11.8 Å². The highest BCUT2D eigenvalue weighted by Crippen LogP contribution is 2.39. The third-order valence-corrected chi connectivity index (χ3v) is 7.61. The van der Waals surface area contributed by atoms with Crippen molar-refractivity contribution in [3.05, 3.63) is 77.8 Å². The minimum absolute atomic E-state index is 0.0248. The average Bonchev–Trinajstić information content (AvgIpc) is 3.36. The molecular weight excluding hydrogens is 596 g/mol. The largest absolute Gasteiger partial charge is 0.465 e. The molecule has 1 aromatic heterocycles. The number of rotatable bonds is 12. The highest BCUT2D eigenvalue weighted by Gasteiger charge is 2.38. The lowest BCUT2D eigenvalue weighted by Crippen LogP contribution is -2.55. The Morgan fingerprint density at radius 2 is 1.67 bits per heavy atom. The molecule has 0 aliphatic carbocycles. The lowest BCUT2D eigenvalue weighted by Gasteiger charge is -2.40. The van der Waals surface area contributed by atoms with Crippen molar-refractivity contribution in [1.82, 2.24) is 24.7 Å². The van der Waals surface area contributed by atoms with Gasteiger partial charge in [0.1, 0.15) is 30.1 Å². The molecule has 3 rings (SSSR count). The molecule has 0 aliphatic heterocycles. The predicted molar refractivity (Wildman–Crippen MR) is 171 cm³/mol. The molecule has 12 heteroatoms. The van der Waals surface area contributed by atoms with Crippen molar-refractivity contribution in [3.8, 4) is 11.3 Å². The highest BCUT2D eigenvalue weighted by molar-refractivity contribution is 5.85. The van der Waals surface area contributed by atoms with Gasteiger partial charge >= 0.3 is 6.09 Å². The molecule has 3 amide bonds. The van der Waals surface area contributed by atoms with Gasteiger partial charge < -0.3 is 25.0 Å². The second kappa shape index (κ2) is 14.8. The van der Waals surface area contributed by atoms with Crippen LogP contribution < -0.4 is 5.32 Å². The maximum absolute atomic E-state index is 14.9. The molecule has 10 nitrogen and oxygen atoms in total. The Hall–Kier alpha value is -4.32. The summed E-state index contributed by atoms with van der Waals surface area (Å²) in [6.07, 6.45) is 0.696. The number of aliphatic hydroxyl groups is 1. The van der Waals surface area contributed by atoms with E-state index in [1.165, 1.54) is 11.8 Å². The van der Waals surface area contributed by atoms with E-state index in [1.807, 2.05) is 51.1 Å². The summed E-state index contributed by atoms with van der Waals surface area (Å²) in [6.45, 7) is 12.1. The van der Waals surface area contributed by atoms with Crippen LogP contribution in [-0.2, 0) is 16.1 Å². The summed E-state index contributed by atoms with van der Waals surface area (Å²) in [5.74, 6) is -1.91. The monoisotopic (exact) mass is 641 g/mol. The summed E-state index contributed by atoms with van der Waals surface area (Å²) in [5.41, 5.74) is -0.362. The van der Waals surface area contributed by atoms with Crippen molar-refractivity contribution in [3.63, 3.8) is 0 Å². The highest BCUT2D eigenvalue weighted by atomic mass is 19.1. The van der Waals surface area contributed by atoms with E-state index >= 15 is 0 Å². The van der Waals surface area contributed by atoms with Crippen LogP contribution in [0.5, 0.6) is 0 Å². The Balaban J connectivity index is 1.96. The molecule has 46 heavy (non-hydrogen) atoms. The van der Waals surface area contributed by atoms with Crippen molar-refractivity contribution in [2.24, 2.45) is 5.41 Å². The van der Waals surface area contributed by atoms with Crippen LogP contribution in [0.1, 0.15) is 72.3 Å². The van der Waals surface area contributed by atoms with E-state index in [0.717, 1.165) is 28.7 Å². The number of amides is 3. The second-order valence-corrected chi connectivity index (χ2v) is 13.4. The minimum Gasteiger partial charge on any atom is -0.465 e. The number of carbonyl (C=O) groups excluding carboxylic acids is 2. The molecule has 250 valence electrons. The molecule has 0 fully saturated rings. The van der Waals surface area contributed by atoms with Crippen LogP contribution in [0.4, 0.5) is 13.6 Å². The molecule has 3 N–H and O–H groups in total. The summed E-state index contributed by atoms with van der Waals surface area (Å²) in [6, 6.07) is 11.0. The number of nitrogens with one attached hydrogen (secondary N) is 1. The van der Waals surface area contributed by atoms with Crippen LogP contribution in [0.25, 0.3) is 11.3 Å². The zero-order valence-electron chi connectivity index (χ0n) is 27.6. The smallest absolute Gasteiger partial charge is 0.408 e. The molecule has 2 aromatic carbocycles. The van der Waals surface area contributed by atoms with E-state index in [9.17, 15) is 33.4 Å². The standard InChI is InChI=1S/C34H45F2N5O5/c1-22(41(32(45)46)34(5,6)7)31(44)37-16-11-17-40(28(43)21-42)29(33(2,3)4)30-38-27(25-18-24(35)14-15-26(25)36)20-39(30)19-23-12-9-8-10-13-23/h8-10,12-15,18,20,22,29,42H,11,16-17,19,21H2,1-7H3,(H,37,44)(H,45,46)/t22-,29-/m0/s1. The number of nitrogens with zero attached hydrogens (tertiary/aromatic N) is 4. The molecule has 3 aromatic rings. The number of aliphatic hydroxyl groups excluding tert-OH is 1. The molecule has 0 spiro atoms.